The molecule has 1 saturated heterocycles. The molecule has 0 amide bonds. The summed E-state index contributed by atoms with van der Waals surface area (Å²) >= 11 is 1.33. The van der Waals surface area contributed by atoms with E-state index in [1.54, 1.807) is 12.1 Å². The van der Waals surface area contributed by atoms with Crippen LogP contribution in [0.25, 0.3) is 22.2 Å². The van der Waals surface area contributed by atoms with E-state index in [9.17, 15) is 9.65 Å². The fourth-order valence-electron chi connectivity index (χ4n) is 4.26. The molecule has 3 heterocycles. The number of benzene rings is 2. The van der Waals surface area contributed by atoms with Gasteiger partial charge in [0.2, 0.25) is 0 Å². The molecule has 1 N–H and O–H groups in total. The average Bonchev–Trinajstić information content (AvgIpc) is 3.29. The number of nitrogens with one attached hydrogen (secondary N) is 1. The van der Waals surface area contributed by atoms with Crippen molar-refractivity contribution in [3.8, 4) is 17.3 Å². The summed E-state index contributed by atoms with van der Waals surface area (Å²) in [6, 6.07) is 14.7. The van der Waals surface area contributed by atoms with Gasteiger partial charge in [-0.1, -0.05) is 11.3 Å². The van der Waals surface area contributed by atoms with E-state index in [0.29, 0.717) is 15.7 Å². The maximum atomic E-state index is 13.4. The number of piperazine rings is 1. The van der Waals surface area contributed by atoms with E-state index in [4.69, 9.17) is 4.98 Å². The Morgan fingerprint density at radius 2 is 1.88 bits per heavy atom. The third-order valence-electron chi connectivity index (χ3n) is 5.95. The van der Waals surface area contributed by atoms with E-state index >= 15 is 0 Å². The smallest absolute Gasteiger partial charge is 0.191 e. The highest BCUT2D eigenvalue weighted by atomic mass is 35.5. The lowest BCUT2D eigenvalue weighted by Crippen LogP contribution is -2.43. The molecule has 1 aliphatic rings. The summed E-state index contributed by atoms with van der Waals surface area (Å²) in [4.78, 5) is 14.3. The zero-order valence-corrected chi connectivity index (χ0v) is 20.5. The predicted molar refractivity (Wildman–Crippen MR) is 139 cm³/mol. The van der Waals surface area contributed by atoms with Gasteiger partial charge in [0.15, 0.2) is 5.13 Å². The molecule has 34 heavy (non-hydrogen) atoms. The SMILES string of the molecule is Cc1cnc2ccc(N3CCNCC3)cc2c1N(C)c1nc(-c2ccc(F)cc2)c(C#N)s1.Cl. The highest BCUT2D eigenvalue weighted by Crippen LogP contribution is 2.39. The Balaban J connectivity index is 0.00000274. The number of anilines is 3. The largest absolute Gasteiger partial charge is 0.369 e. The number of nitriles is 1. The molecule has 0 unspecified atom stereocenters. The summed E-state index contributed by atoms with van der Waals surface area (Å²) in [5.41, 5.74) is 5.43. The van der Waals surface area contributed by atoms with Gasteiger partial charge in [0.05, 0.1) is 11.2 Å². The average molecular weight is 495 g/mol. The van der Waals surface area contributed by atoms with Gasteiger partial charge in [0.25, 0.3) is 0 Å². The first-order valence-corrected chi connectivity index (χ1v) is 11.6. The molecule has 5 rings (SSSR count). The highest BCUT2D eigenvalue weighted by molar-refractivity contribution is 7.16. The van der Waals surface area contributed by atoms with Crippen LogP contribution < -0.4 is 15.1 Å². The number of nitrogens with zero attached hydrogens (tertiary/aromatic N) is 5. The fourth-order valence-corrected chi connectivity index (χ4v) is 5.11. The Hall–Kier alpha value is -3.25. The van der Waals surface area contributed by atoms with Crippen molar-refractivity contribution in [1.82, 2.24) is 15.3 Å². The van der Waals surface area contributed by atoms with Crippen molar-refractivity contribution in [3.63, 3.8) is 0 Å². The van der Waals surface area contributed by atoms with Crippen molar-refractivity contribution in [1.29, 1.82) is 5.26 Å². The Morgan fingerprint density at radius 3 is 2.59 bits per heavy atom. The summed E-state index contributed by atoms with van der Waals surface area (Å²) in [5, 5.41) is 14.9. The Labute approximate surface area is 208 Å². The van der Waals surface area contributed by atoms with E-state index in [0.717, 1.165) is 53.9 Å². The molecule has 1 aliphatic heterocycles. The number of pyridine rings is 1. The van der Waals surface area contributed by atoms with E-state index < -0.39 is 0 Å². The first kappa shape index (κ1) is 23.9. The minimum absolute atomic E-state index is 0. The van der Waals surface area contributed by atoms with Crippen LogP contribution in [0.2, 0.25) is 0 Å². The van der Waals surface area contributed by atoms with Gasteiger partial charge in [0, 0.05) is 56.1 Å². The van der Waals surface area contributed by atoms with E-state index in [1.165, 1.54) is 29.2 Å². The van der Waals surface area contributed by atoms with Crippen LogP contribution >= 0.6 is 23.7 Å². The van der Waals surface area contributed by atoms with Crippen LogP contribution in [0.5, 0.6) is 0 Å². The number of rotatable bonds is 4. The minimum Gasteiger partial charge on any atom is -0.369 e. The molecular formula is C25H24ClFN6S. The Morgan fingerprint density at radius 1 is 1.15 bits per heavy atom. The van der Waals surface area contributed by atoms with Gasteiger partial charge in [-0.05, 0) is 55.0 Å². The number of hydrogen-bond acceptors (Lipinski definition) is 7. The molecule has 0 bridgehead atoms. The quantitative estimate of drug-likeness (QED) is 0.416. The van der Waals surface area contributed by atoms with Crippen molar-refractivity contribution in [3.05, 3.63) is 64.9 Å². The summed E-state index contributed by atoms with van der Waals surface area (Å²) in [5.74, 6) is -0.316. The summed E-state index contributed by atoms with van der Waals surface area (Å²) in [6.07, 6.45) is 1.87. The van der Waals surface area contributed by atoms with Crippen LogP contribution in [0.1, 0.15) is 10.4 Å². The van der Waals surface area contributed by atoms with Crippen LogP contribution in [0.3, 0.4) is 0 Å². The molecule has 0 spiro atoms. The molecule has 0 saturated carbocycles. The molecule has 9 heteroatoms. The normalized spacial score (nSPS) is 13.4. The number of aryl methyl sites for hydroxylation is 1. The predicted octanol–water partition coefficient (Wildman–Crippen LogP) is 5.28. The zero-order chi connectivity index (χ0) is 22.9. The second-order valence-corrected chi connectivity index (χ2v) is 9.06. The summed E-state index contributed by atoms with van der Waals surface area (Å²) < 4.78 is 13.4. The van der Waals surface area contributed by atoms with Crippen LogP contribution in [-0.2, 0) is 0 Å². The number of halogens is 2. The number of thiazole rings is 1. The number of aromatic nitrogens is 2. The molecular weight excluding hydrogens is 471 g/mol. The maximum Gasteiger partial charge on any atom is 0.191 e. The third-order valence-corrected chi connectivity index (χ3v) is 6.98. The van der Waals surface area contributed by atoms with Crippen LogP contribution in [0.4, 0.5) is 20.9 Å². The highest BCUT2D eigenvalue weighted by Gasteiger charge is 2.20. The Kier molecular flexibility index (Phi) is 6.98. The van der Waals surface area contributed by atoms with E-state index in [-0.39, 0.29) is 18.2 Å². The van der Waals surface area contributed by atoms with E-state index in [1.807, 2.05) is 25.1 Å². The third kappa shape index (κ3) is 4.42. The number of hydrogen-bond donors (Lipinski definition) is 1. The number of fused-ring (bicyclic) bond motifs is 1. The fraction of sp³-hybridized carbons (Fsp3) is 0.240. The molecule has 4 aromatic rings. The van der Waals surface area contributed by atoms with Crippen molar-refractivity contribution in [2.24, 2.45) is 0 Å². The molecule has 0 radical (unpaired) electrons. The topological polar surface area (TPSA) is 68.1 Å². The van der Waals surface area contributed by atoms with Crippen LogP contribution in [0.15, 0.2) is 48.7 Å². The summed E-state index contributed by atoms with van der Waals surface area (Å²) in [7, 11) is 1.97. The van der Waals surface area contributed by atoms with Crippen molar-refractivity contribution in [2.75, 3.05) is 43.0 Å². The molecule has 0 atom stereocenters. The van der Waals surface area contributed by atoms with Gasteiger partial charge in [-0.2, -0.15) is 5.26 Å². The van der Waals surface area contributed by atoms with Crippen molar-refractivity contribution >= 4 is 51.2 Å². The summed E-state index contributed by atoms with van der Waals surface area (Å²) in [6.45, 7) is 5.91. The van der Waals surface area contributed by atoms with Gasteiger partial charge in [0.1, 0.15) is 22.5 Å². The standard InChI is InChI=1S/C25H23FN6S.ClH/c1-16-15-29-21-8-7-19(32-11-9-28-10-12-32)13-20(21)24(16)31(2)25-30-23(22(14-27)33-25)17-3-5-18(26)6-4-17;/h3-8,13,15,28H,9-12H2,1-2H3;1H. The minimum atomic E-state index is -0.316. The van der Waals surface area contributed by atoms with Gasteiger partial charge in [-0.25, -0.2) is 9.37 Å². The lowest BCUT2D eigenvalue weighted by Gasteiger charge is -2.30. The van der Waals surface area contributed by atoms with Gasteiger partial charge >= 0.3 is 0 Å². The maximum absolute atomic E-state index is 13.4. The molecule has 174 valence electrons. The lowest BCUT2D eigenvalue weighted by atomic mass is 10.1. The second kappa shape index (κ2) is 9.94. The Bertz CT molecular complexity index is 1360. The van der Waals surface area contributed by atoms with Gasteiger partial charge < -0.3 is 15.1 Å². The van der Waals surface area contributed by atoms with Gasteiger partial charge in [-0.3, -0.25) is 4.98 Å². The monoisotopic (exact) mass is 494 g/mol. The van der Waals surface area contributed by atoms with Crippen LogP contribution in [-0.4, -0.2) is 43.2 Å². The second-order valence-electron chi connectivity index (χ2n) is 8.08. The zero-order valence-electron chi connectivity index (χ0n) is 18.9. The van der Waals surface area contributed by atoms with Gasteiger partial charge in [-0.15, -0.1) is 12.4 Å². The molecule has 1 fully saturated rings. The van der Waals surface area contributed by atoms with Crippen molar-refractivity contribution < 1.29 is 4.39 Å². The lowest BCUT2D eigenvalue weighted by molar-refractivity contribution is 0.589. The van der Waals surface area contributed by atoms with Crippen LogP contribution in [0, 0.1) is 24.1 Å². The molecule has 0 aliphatic carbocycles. The van der Waals surface area contributed by atoms with Crippen molar-refractivity contribution in [2.45, 2.75) is 6.92 Å². The first-order valence-electron chi connectivity index (χ1n) is 10.8. The molecule has 6 nitrogen and oxygen atoms in total. The van der Waals surface area contributed by atoms with E-state index in [2.05, 4.69) is 39.5 Å². The molecule has 2 aromatic heterocycles. The molecule has 2 aromatic carbocycles. The first-order chi connectivity index (χ1) is 16.0.